The summed E-state index contributed by atoms with van der Waals surface area (Å²) in [6.45, 7) is 5.25. The van der Waals surface area contributed by atoms with E-state index in [0.717, 1.165) is 43.5 Å². The molecular formula is C21H28N4O2. The second kappa shape index (κ2) is 8.37. The van der Waals surface area contributed by atoms with Gasteiger partial charge in [-0.05, 0) is 38.2 Å². The molecule has 0 saturated carbocycles. The van der Waals surface area contributed by atoms with Gasteiger partial charge < -0.3 is 14.8 Å². The van der Waals surface area contributed by atoms with Gasteiger partial charge in [-0.1, -0.05) is 37.3 Å². The molecule has 6 heteroatoms. The summed E-state index contributed by atoms with van der Waals surface area (Å²) in [6, 6.07) is 9.95. The van der Waals surface area contributed by atoms with Crippen LogP contribution in [0.2, 0.25) is 0 Å². The molecule has 1 aromatic heterocycles. The molecule has 1 aliphatic heterocycles. The van der Waals surface area contributed by atoms with Gasteiger partial charge in [0.15, 0.2) is 5.82 Å². The molecule has 1 N–H and O–H groups in total. The first-order chi connectivity index (χ1) is 13.0. The van der Waals surface area contributed by atoms with Crippen molar-refractivity contribution in [1.29, 1.82) is 0 Å². The predicted octanol–water partition coefficient (Wildman–Crippen LogP) is 3.02. The molecule has 2 aromatic rings. The number of hydrogen-bond donors (Lipinski definition) is 1. The Hall–Kier alpha value is -2.63. The smallest absolute Gasteiger partial charge is 0.287 e. The van der Waals surface area contributed by atoms with Crippen LogP contribution in [0.1, 0.15) is 65.5 Å². The molecule has 2 amide bonds. The first-order valence-corrected chi connectivity index (χ1v) is 9.71. The number of hydrogen-bond acceptors (Lipinski definition) is 3. The maximum atomic E-state index is 13.1. The average Bonchev–Trinajstić information content (AvgIpc) is 3.07. The van der Waals surface area contributed by atoms with Gasteiger partial charge in [-0.2, -0.15) is 0 Å². The summed E-state index contributed by atoms with van der Waals surface area (Å²) < 4.78 is 1.94. The van der Waals surface area contributed by atoms with E-state index in [1.165, 1.54) is 0 Å². The molecule has 1 atom stereocenters. The summed E-state index contributed by atoms with van der Waals surface area (Å²) in [5.41, 5.74) is 2.37. The van der Waals surface area contributed by atoms with E-state index in [1.807, 2.05) is 48.7 Å². The topological polar surface area (TPSA) is 67.2 Å². The Morgan fingerprint density at radius 2 is 2.00 bits per heavy atom. The summed E-state index contributed by atoms with van der Waals surface area (Å²) in [4.78, 5) is 31.9. The van der Waals surface area contributed by atoms with E-state index >= 15 is 0 Å². The molecule has 0 spiro atoms. The van der Waals surface area contributed by atoms with E-state index in [9.17, 15) is 9.59 Å². The fourth-order valence-electron chi connectivity index (χ4n) is 3.39. The van der Waals surface area contributed by atoms with Crippen molar-refractivity contribution in [3.63, 3.8) is 0 Å². The van der Waals surface area contributed by atoms with Gasteiger partial charge in [0.2, 0.25) is 0 Å². The molecule has 144 valence electrons. The van der Waals surface area contributed by atoms with Crippen LogP contribution >= 0.6 is 0 Å². The van der Waals surface area contributed by atoms with Crippen LogP contribution in [0.25, 0.3) is 0 Å². The molecule has 27 heavy (non-hydrogen) atoms. The van der Waals surface area contributed by atoms with Gasteiger partial charge in [0.25, 0.3) is 11.8 Å². The summed E-state index contributed by atoms with van der Waals surface area (Å²) in [5, 5.41) is 2.97. The Labute approximate surface area is 160 Å². The molecule has 0 fully saturated rings. The van der Waals surface area contributed by atoms with Gasteiger partial charge in [0, 0.05) is 26.2 Å². The van der Waals surface area contributed by atoms with Crippen LogP contribution in [-0.2, 0) is 19.5 Å². The Morgan fingerprint density at radius 1 is 1.26 bits per heavy atom. The van der Waals surface area contributed by atoms with Crippen LogP contribution in [0.4, 0.5) is 0 Å². The van der Waals surface area contributed by atoms with Gasteiger partial charge in [0.1, 0.15) is 5.69 Å². The SMILES string of the molecule is CCC(C)NC(=O)c1nc(C(=O)N(C)Cc2ccccc2)c2n1CCCC2. The first-order valence-electron chi connectivity index (χ1n) is 9.71. The van der Waals surface area contributed by atoms with Gasteiger partial charge in [-0.15, -0.1) is 0 Å². The van der Waals surface area contributed by atoms with Gasteiger partial charge >= 0.3 is 0 Å². The highest BCUT2D eigenvalue weighted by molar-refractivity contribution is 5.97. The molecule has 6 nitrogen and oxygen atoms in total. The van der Waals surface area contributed by atoms with Crippen molar-refractivity contribution in [1.82, 2.24) is 19.8 Å². The molecule has 0 bridgehead atoms. The van der Waals surface area contributed by atoms with E-state index in [-0.39, 0.29) is 17.9 Å². The maximum absolute atomic E-state index is 13.1. The first kappa shape index (κ1) is 19.1. The Bertz CT molecular complexity index is 813. The van der Waals surface area contributed by atoms with Gasteiger partial charge in [0.05, 0.1) is 5.69 Å². The van der Waals surface area contributed by atoms with Gasteiger partial charge in [-0.25, -0.2) is 4.98 Å². The van der Waals surface area contributed by atoms with Crippen LogP contribution in [0, 0.1) is 0 Å². The zero-order valence-electron chi connectivity index (χ0n) is 16.4. The Kier molecular flexibility index (Phi) is 5.94. The van der Waals surface area contributed by atoms with Crippen LogP contribution in [0.15, 0.2) is 30.3 Å². The van der Waals surface area contributed by atoms with Crippen molar-refractivity contribution >= 4 is 11.8 Å². The van der Waals surface area contributed by atoms with Crippen molar-refractivity contribution < 1.29 is 9.59 Å². The number of imidazole rings is 1. The number of rotatable bonds is 6. The number of nitrogens with one attached hydrogen (secondary N) is 1. The zero-order valence-corrected chi connectivity index (χ0v) is 16.4. The number of carbonyl (C=O) groups is 2. The van der Waals surface area contributed by atoms with E-state index in [0.29, 0.717) is 18.1 Å². The van der Waals surface area contributed by atoms with Crippen LogP contribution in [-0.4, -0.2) is 39.4 Å². The van der Waals surface area contributed by atoms with Crippen LogP contribution in [0.3, 0.4) is 0 Å². The number of nitrogens with zero attached hydrogens (tertiary/aromatic N) is 3. The largest absolute Gasteiger partial charge is 0.347 e. The number of fused-ring (bicyclic) bond motifs is 1. The molecule has 0 aliphatic carbocycles. The number of amides is 2. The molecule has 2 heterocycles. The molecule has 3 rings (SSSR count). The van der Waals surface area contributed by atoms with E-state index < -0.39 is 0 Å². The van der Waals surface area contributed by atoms with Crippen molar-refractivity contribution in [2.24, 2.45) is 0 Å². The van der Waals surface area contributed by atoms with Gasteiger partial charge in [-0.3, -0.25) is 9.59 Å². The molecule has 1 aliphatic rings. The lowest BCUT2D eigenvalue weighted by Gasteiger charge is -2.20. The Balaban J connectivity index is 1.86. The van der Waals surface area contributed by atoms with Crippen molar-refractivity contribution in [3.8, 4) is 0 Å². The Morgan fingerprint density at radius 3 is 2.70 bits per heavy atom. The number of benzene rings is 1. The number of carbonyl (C=O) groups excluding carboxylic acids is 2. The predicted molar refractivity (Wildman–Crippen MR) is 105 cm³/mol. The standard InChI is InChI=1S/C21H28N4O2/c1-4-15(2)22-20(26)19-23-18(17-12-8-9-13-25(17)19)21(27)24(3)14-16-10-6-5-7-11-16/h5-7,10-11,15H,4,8-9,12-14H2,1-3H3,(H,22,26). The lowest BCUT2D eigenvalue weighted by molar-refractivity contribution is 0.0778. The highest BCUT2D eigenvalue weighted by Gasteiger charge is 2.29. The van der Waals surface area contributed by atoms with E-state index in [2.05, 4.69) is 10.3 Å². The van der Waals surface area contributed by atoms with Crippen molar-refractivity contribution in [2.75, 3.05) is 7.05 Å². The minimum absolute atomic E-state index is 0.0777. The second-order valence-electron chi connectivity index (χ2n) is 7.27. The third-order valence-corrected chi connectivity index (χ3v) is 5.12. The maximum Gasteiger partial charge on any atom is 0.287 e. The second-order valence-corrected chi connectivity index (χ2v) is 7.27. The normalized spacial score (nSPS) is 14.3. The minimum atomic E-state index is -0.197. The van der Waals surface area contributed by atoms with Crippen molar-refractivity contribution in [2.45, 2.75) is 58.7 Å². The summed E-state index contributed by atoms with van der Waals surface area (Å²) in [5.74, 6) is 0.0332. The number of aromatic nitrogens is 2. The summed E-state index contributed by atoms with van der Waals surface area (Å²) in [7, 11) is 1.78. The highest BCUT2D eigenvalue weighted by atomic mass is 16.2. The highest BCUT2D eigenvalue weighted by Crippen LogP contribution is 2.22. The molecule has 0 saturated heterocycles. The lowest BCUT2D eigenvalue weighted by Crippen LogP contribution is -2.34. The summed E-state index contributed by atoms with van der Waals surface area (Å²) in [6.07, 6.45) is 3.65. The van der Waals surface area contributed by atoms with Crippen LogP contribution in [0.5, 0.6) is 0 Å². The zero-order chi connectivity index (χ0) is 19.4. The monoisotopic (exact) mass is 368 g/mol. The molecule has 1 aromatic carbocycles. The summed E-state index contributed by atoms with van der Waals surface area (Å²) >= 11 is 0. The minimum Gasteiger partial charge on any atom is -0.347 e. The van der Waals surface area contributed by atoms with E-state index in [4.69, 9.17) is 0 Å². The molecular weight excluding hydrogens is 340 g/mol. The third kappa shape index (κ3) is 4.21. The van der Waals surface area contributed by atoms with Crippen molar-refractivity contribution in [3.05, 3.63) is 53.1 Å². The molecule has 0 radical (unpaired) electrons. The lowest BCUT2D eigenvalue weighted by atomic mass is 10.1. The van der Waals surface area contributed by atoms with Crippen LogP contribution < -0.4 is 5.32 Å². The average molecular weight is 368 g/mol. The molecule has 1 unspecified atom stereocenters. The fraction of sp³-hybridized carbons (Fsp3) is 0.476. The van der Waals surface area contributed by atoms with E-state index in [1.54, 1.807) is 11.9 Å². The third-order valence-electron chi connectivity index (χ3n) is 5.12. The fourth-order valence-corrected chi connectivity index (χ4v) is 3.39. The quantitative estimate of drug-likeness (QED) is 0.852.